The van der Waals surface area contributed by atoms with E-state index < -0.39 is 47.1 Å². The van der Waals surface area contributed by atoms with Gasteiger partial charge >= 0.3 is 24.2 Å². The summed E-state index contributed by atoms with van der Waals surface area (Å²) in [5, 5.41) is 9.85. The molecule has 0 bridgehead atoms. The van der Waals surface area contributed by atoms with E-state index >= 15 is 0 Å². The monoisotopic (exact) mass is 539 g/mol. The lowest BCUT2D eigenvalue weighted by Crippen LogP contribution is -2.52. The van der Waals surface area contributed by atoms with Crippen LogP contribution in [0.4, 0.5) is 9.59 Å². The van der Waals surface area contributed by atoms with Crippen molar-refractivity contribution in [2.45, 2.75) is 110 Å². The van der Waals surface area contributed by atoms with Crippen molar-refractivity contribution in [2.75, 3.05) is 0 Å². The molecule has 0 aromatic heterocycles. The first-order valence-electron chi connectivity index (χ1n) is 12.6. The summed E-state index contributed by atoms with van der Waals surface area (Å²) < 4.78 is 26.5. The van der Waals surface area contributed by atoms with Gasteiger partial charge in [-0.3, -0.25) is 9.59 Å². The summed E-state index contributed by atoms with van der Waals surface area (Å²) in [6.45, 7) is 13.7. The Morgan fingerprint density at radius 2 is 1.39 bits per heavy atom. The number of hydrogen-bond acceptors (Lipinski definition) is 10. The number of hydrogen-bond donors (Lipinski definition) is 2. The average molecular weight is 540 g/mol. The van der Waals surface area contributed by atoms with Crippen molar-refractivity contribution in [1.82, 2.24) is 0 Å². The highest BCUT2D eigenvalue weighted by atomic mass is 16.8. The number of ether oxygens (including phenoxy) is 5. The number of carbonyl (C=O) groups is 4. The number of carboxylic acids is 1. The molecule has 0 saturated carbocycles. The van der Waals surface area contributed by atoms with E-state index in [-0.39, 0.29) is 30.8 Å². The largest absolute Gasteiger partial charge is 0.514 e. The molecule has 1 aromatic carbocycles. The van der Waals surface area contributed by atoms with Crippen LogP contribution in [0.25, 0.3) is 0 Å². The molecule has 3 N–H and O–H groups in total. The van der Waals surface area contributed by atoms with Crippen LogP contribution in [0.5, 0.6) is 11.5 Å². The molecule has 1 unspecified atom stereocenters. The van der Waals surface area contributed by atoms with Crippen molar-refractivity contribution in [3.63, 3.8) is 0 Å². The van der Waals surface area contributed by atoms with Crippen LogP contribution in [0.1, 0.15) is 86.6 Å². The van der Waals surface area contributed by atoms with Crippen molar-refractivity contribution in [3.8, 4) is 11.5 Å². The predicted molar refractivity (Wildman–Crippen MR) is 138 cm³/mol. The zero-order chi connectivity index (χ0) is 29.3. The Kier molecular flexibility index (Phi) is 11.6. The Morgan fingerprint density at radius 1 is 0.895 bits per heavy atom. The standard InChI is InChI=1S/C27H41NO10/c1-9-21(29)34-17(4)15-27(28,22(30)31)16-18-12-13-19(35-23(32)37-25(5,6)10-2)20(14-18)36-24(33)38-26(7,8)11-3/h12-14,17H,9-11,15-16,28H2,1-8H3,(H,30,31)/t17-,27?/m0/s1. The number of nitrogens with two attached hydrogens (primary N) is 1. The van der Waals surface area contributed by atoms with E-state index in [4.69, 9.17) is 29.4 Å². The average Bonchev–Trinajstić information content (AvgIpc) is 2.79. The molecule has 11 nitrogen and oxygen atoms in total. The fraction of sp³-hybridized carbons (Fsp3) is 0.630. The Balaban J connectivity index is 3.30. The molecule has 0 amide bonds. The predicted octanol–water partition coefficient (Wildman–Crippen LogP) is 5.15. The zero-order valence-corrected chi connectivity index (χ0v) is 23.5. The summed E-state index contributed by atoms with van der Waals surface area (Å²) in [6, 6.07) is 4.15. The highest BCUT2D eigenvalue weighted by Crippen LogP contribution is 2.32. The highest BCUT2D eigenvalue weighted by Gasteiger charge is 2.37. The van der Waals surface area contributed by atoms with E-state index in [1.165, 1.54) is 18.2 Å². The summed E-state index contributed by atoms with van der Waals surface area (Å²) >= 11 is 0. The first-order chi connectivity index (χ1) is 17.5. The van der Waals surface area contributed by atoms with E-state index in [0.29, 0.717) is 18.4 Å². The van der Waals surface area contributed by atoms with Gasteiger partial charge in [0.1, 0.15) is 22.8 Å². The number of esters is 1. The van der Waals surface area contributed by atoms with Crippen molar-refractivity contribution < 1.29 is 48.0 Å². The molecule has 0 saturated heterocycles. The van der Waals surface area contributed by atoms with Crippen LogP contribution in [0, 0.1) is 0 Å². The number of aliphatic carboxylic acids is 1. The summed E-state index contributed by atoms with van der Waals surface area (Å²) in [6.07, 6.45) is -2.02. The topological polar surface area (TPSA) is 161 Å². The van der Waals surface area contributed by atoms with E-state index in [2.05, 4.69) is 0 Å². The number of benzene rings is 1. The minimum absolute atomic E-state index is 0.139. The smallest absolute Gasteiger partial charge is 0.480 e. The molecule has 0 aliphatic carbocycles. The summed E-state index contributed by atoms with van der Waals surface area (Å²) in [7, 11) is 0. The van der Waals surface area contributed by atoms with Crippen LogP contribution in [0.3, 0.4) is 0 Å². The van der Waals surface area contributed by atoms with E-state index in [1.807, 2.05) is 13.8 Å². The molecule has 0 aliphatic heterocycles. The molecule has 214 valence electrons. The second-order valence-electron chi connectivity index (χ2n) is 10.4. The minimum Gasteiger partial charge on any atom is -0.480 e. The van der Waals surface area contributed by atoms with Gasteiger partial charge in [-0.1, -0.05) is 26.8 Å². The first-order valence-corrected chi connectivity index (χ1v) is 12.6. The third-order valence-electron chi connectivity index (χ3n) is 6.04. The van der Waals surface area contributed by atoms with Gasteiger partial charge in [-0.15, -0.1) is 0 Å². The Labute approximate surface area is 223 Å². The molecular weight excluding hydrogens is 498 g/mol. The number of carbonyl (C=O) groups excluding carboxylic acids is 3. The molecule has 0 radical (unpaired) electrons. The molecule has 0 aliphatic rings. The van der Waals surface area contributed by atoms with Crippen molar-refractivity contribution in [1.29, 1.82) is 0 Å². The maximum absolute atomic E-state index is 12.5. The second kappa shape index (κ2) is 13.5. The third-order valence-corrected chi connectivity index (χ3v) is 6.04. The SMILES string of the molecule is CCC(=O)O[C@@H](C)CC(N)(Cc1ccc(OC(=O)OC(C)(C)CC)c(OC(=O)OC(C)(C)CC)c1)C(=O)O. The second-order valence-corrected chi connectivity index (χ2v) is 10.4. The fourth-order valence-corrected chi connectivity index (χ4v) is 3.10. The van der Waals surface area contributed by atoms with Gasteiger partial charge in [-0.25, -0.2) is 9.59 Å². The van der Waals surface area contributed by atoms with Crippen LogP contribution in [-0.2, 0) is 30.2 Å². The van der Waals surface area contributed by atoms with Crippen molar-refractivity contribution in [3.05, 3.63) is 23.8 Å². The van der Waals surface area contributed by atoms with Gasteiger partial charge < -0.3 is 34.5 Å². The van der Waals surface area contributed by atoms with Gasteiger partial charge in [0, 0.05) is 19.3 Å². The van der Waals surface area contributed by atoms with Gasteiger partial charge in [-0.2, -0.15) is 0 Å². The molecule has 0 fully saturated rings. The quantitative estimate of drug-likeness (QED) is 0.194. The van der Waals surface area contributed by atoms with Crippen molar-refractivity contribution in [2.24, 2.45) is 5.73 Å². The number of rotatable bonds is 13. The summed E-state index contributed by atoms with van der Waals surface area (Å²) in [5.41, 5.74) is 3.15. The Hall–Kier alpha value is -3.34. The molecule has 1 aromatic rings. The van der Waals surface area contributed by atoms with Crippen LogP contribution >= 0.6 is 0 Å². The molecule has 11 heteroatoms. The van der Waals surface area contributed by atoms with E-state index in [1.54, 1.807) is 41.5 Å². The number of carboxylic acid groups (broad SMARTS) is 1. The molecule has 2 atom stereocenters. The summed E-state index contributed by atoms with van der Waals surface area (Å²) in [4.78, 5) is 48.6. The van der Waals surface area contributed by atoms with E-state index in [9.17, 15) is 24.3 Å². The lowest BCUT2D eigenvalue weighted by atomic mass is 9.86. The van der Waals surface area contributed by atoms with E-state index in [0.717, 1.165) is 0 Å². The molecular formula is C27H41NO10. The maximum atomic E-state index is 12.5. The lowest BCUT2D eigenvalue weighted by molar-refractivity contribution is -0.153. The lowest BCUT2D eigenvalue weighted by Gasteiger charge is -2.28. The summed E-state index contributed by atoms with van der Waals surface area (Å²) in [5.74, 6) is -2.12. The molecule has 0 spiro atoms. The molecule has 0 heterocycles. The van der Waals surface area contributed by atoms with Gasteiger partial charge in [0.15, 0.2) is 11.5 Å². The maximum Gasteiger partial charge on any atom is 0.514 e. The van der Waals surface area contributed by atoms with Crippen LogP contribution < -0.4 is 15.2 Å². The minimum atomic E-state index is -1.82. The van der Waals surface area contributed by atoms with Crippen LogP contribution in [-0.4, -0.2) is 52.2 Å². The van der Waals surface area contributed by atoms with Crippen LogP contribution in [0.2, 0.25) is 0 Å². The van der Waals surface area contributed by atoms with Crippen molar-refractivity contribution >= 4 is 24.2 Å². The van der Waals surface area contributed by atoms with Gasteiger partial charge in [-0.05, 0) is 65.2 Å². The molecule has 1 rings (SSSR count). The van der Waals surface area contributed by atoms with Gasteiger partial charge in [0.2, 0.25) is 0 Å². The van der Waals surface area contributed by atoms with Crippen LogP contribution in [0.15, 0.2) is 18.2 Å². The first kappa shape index (κ1) is 32.7. The normalized spacial score (nSPS) is 14.0. The zero-order valence-electron chi connectivity index (χ0n) is 23.5. The van der Waals surface area contributed by atoms with Gasteiger partial charge in [0.25, 0.3) is 0 Å². The Bertz CT molecular complexity index is 1000. The third kappa shape index (κ3) is 10.6. The highest BCUT2D eigenvalue weighted by molar-refractivity contribution is 5.79. The fourth-order valence-electron chi connectivity index (χ4n) is 3.10. The molecule has 38 heavy (non-hydrogen) atoms. The Morgan fingerprint density at radius 3 is 1.84 bits per heavy atom. The van der Waals surface area contributed by atoms with Gasteiger partial charge in [0.05, 0.1) is 0 Å².